The minimum atomic E-state index is -1.45. The molecule has 5 atom stereocenters. The minimum absolute atomic E-state index is 0.147. The molecule has 1 aliphatic rings. The maximum atomic E-state index is 11.9. The summed E-state index contributed by atoms with van der Waals surface area (Å²) in [5.41, 5.74) is 4.11. The number of carbonyl (C=O) groups is 2. The lowest BCUT2D eigenvalue weighted by molar-refractivity contribution is -0.247. The molecular formula is C27H30O9. The van der Waals surface area contributed by atoms with Gasteiger partial charge in [0.15, 0.2) is 12.2 Å². The molecule has 1 fully saturated rings. The molecule has 0 spiro atoms. The van der Waals surface area contributed by atoms with Crippen molar-refractivity contribution in [3.8, 4) is 5.75 Å². The predicted molar refractivity (Wildman–Crippen MR) is 128 cm³/mol. The molecule has 0 amide bonds. The Morgan fingerprint density at radius 3 is 2.36 bits per heavy atom. The van der Waals surface area contributed by atoms with Crippen LogP contribution in [0.5, 0.6) is 5.75 Å². The second kappa shape index (κ2) is 10.3. The number of aliphatic hydroxyl groups excluding tert-OH is 2. The van der Waals surface area contributed by atoms with Crippen LogP contribution < -0.4 is 0 Å². The zero-order valence-corrected chi connectivity index (χ0v) is 20.6. The lowest BCUT2D eigenvalue weighted by Gasteiger charge is -2.43. The first-order chi connectivity index (χ1) is 17.1. The van der Waals surface area contributed by atoms with Crippen LogP contribution in [-0.2, 0) is 30.2 Å². The summed E-state index contributed by atoms with van der Waals surface area (Å²) in [6, 6.07) is 10.8. The number of ether oxygens (including phenoxy) is 3. The normalized spacial score (nSPS) is 24.0. The Kier molecular flexibility index (Phi) is 7.35. The summed E-state index contributed by atoms with van der Waals surface area (Å²) in [6.07, 6.45) is -5.89. The molecule has 3 aromatic rings. The molecule has 4 rings (SSSR count). The van der Waals surface area contributed by atoms with Crippen molar-refractivity contribution in [1.29, 1.82) is 0 Å². The van der Waals surface area contributed by atoms with Crippen LogP contribution in [0.1, 0.15) is 48.0 Å². The van der Waals surface area contributed by atoms with E-state index in [1.807, 2.05) is 32.0 Å². The molecule has 36 heavy (non-hydrogen) atoms. The number of carbonyl (C=O) groups excluding carboxylic acids is 2. The van der Waals surface area contributed by atoms with E-state index in [1.54, 1.807) is 12.1 Å². The highest BCUT2D eigenvalue weighted by Gasteiger charge is 2.50. The summed E-state index contributed by atoms with van der Waals surface area (Å²) < 4.78 is 22.6. The second-order valence-electron chi connectivity index (χ2n) is 9.12. The fourth-order valence-corrected chi connectivity index (χ4v) is 4.62. The number of aryl methyl sites for hydroxylation is 2. The van der Waals surface area contributed by atoms with Gasteiger partial charge in [-0.25, -0.2) is 0 Å². The number of aliphatic hydroxyl groups is 2. The third-order valence-electron chi connectivity index (χ3n) is 6.51. The summed E-state index contributed by atoms with van der Waals surface area (Å²) in [7, 11) is 0. The number of hydrogen-bond donors (Lipinski definition) is 3. The van der Waals surface area contributed by atoms with Gasteiger partial charge in [0.05, 0.1) is 6.61 Å². The molecule has 9 nitrogen and oxygen atoms in total. The SMILES string of the molecule is CC(=O)O[C@@H]1[C@@H](OC(C)=O)[C@H](O)[C@@H](CO)O[C@H]1c1cc(Cc2cc3c(C)c(C)ccc3o2)ccc1O. The topological polar surface area (TPSA) is 136 Å². The van der Waals surface area contributed by atoms with Crippen molar-refractivity contribution in [2.45, 2.75) is 64.6 Å². The summed E-state index contributed by atoms with van der Waals surface area (Å²) in [5, 5.41) is 32.1. The fraction of sp³-hybridized carbons (Fsp3) is 0.407. The van der Waals surface area contributed by atoms with Gasteiger partial charge in [0.1, 0.15) is 35.4 Å². The summed E-state index contributed by atoms with van der Waals surface area (Å²) in [5.74, 6) is -0.824. The quantitative estimate of drug-likeness (QED) is 0.438. The summed E-state index contributed by atoms with van der Waals surface area (Å²) in [6.45, 7) is 5.83. The average Bonchev–Trinajstić information content (AvgIpc) is 3.23. The lowest BCUT2D eigenvalue weighted by atomic mass is 9.89. The molecule has 3 N–H and O–H groups in total. The molecular weight excluding hydrogens is 468 g/mol. The van der Waals surface area contributed by atoms with Crippen molar-refractivity contribution >= 4 is 22.9 Å². The number of aromatic hydroxyl groups is 1. The number of esters is 2. The van der Waals surface area contributed by atoms with E-state index in [0.717, 1.165) is 40.3 Å². The highest BCUT2D eigenvalue weighted by atomic mass is 16.6. The smallest absolute Gasteiger partial charge is 0.303 e. The van der Waals surface area contributed by atoms with E-state index >= 15 is 0 Å². The number of phenolic OH excluding ortho intramolecular Hbond substituents is 1. The number of benzene rings is 2. The van der Waals surface area contributed by atoms with Crippen LogP contribution in [0.15, 0.2) is 40.8 Å². The van der Waals surface area contributed by atoms with Gasteiger partial charge in [-0.15, -0.1) is 0 Å². The Labute approximate surface area is 208 Å². The number of rotatable bonds is 6. The Hall–Kier alpha value is -3.40. The van der Waals surface area contributed by atoms with E-state index in [-0.39, 0.29) is 11.3 Å². The first kappa shape index (κ1) is 25.7. The van der Waals surface area contributed by atoms with Gasteiger partial charge in [0.2, 0.25) is 0 Å². The van der Waals surface area contributed by atoms with Crippen LogP contribution >= 0.6 is 0 Å². The third-order valence-corrected chi connectivity index (χ3v) is 6.51. The maximum Gasteiger partial charge on any atom is 0.303 e. The van der Waals surface area contributed by atoms with Gasteiger partial charge in [0.25, 0.3) is 0 Å². The molecule has 9 heteroatoms. The van der Waals surface area contributed by atoms with Crippen LogP contribution in [0.2, 0.25) is 0 Å². The van der Waals surface area contributed by atoms with Crippen molar-refractivity contribution in [1.82, 2.24) is 0 Å². The van der Waals surface area contributed by atoms with Gasteiger partial charge in [-0.1, -0.05) is 12.1 Å². The summed E-state index contributed by atoms with van der Waals surface area (Å²) in [4.78, 5) is 23.6. The molecule has 0 unspecified atom stereocenters. The minimum Gasteiger partial charge on any atom is -0.508 e. The van der Waals surface area contributed by atoms with Crippen molar-refractivity contribution in [2.24, 2.45) is 0 Å². The van der Waals surface area contributed by atoms with Crippen molar-refractivity contribution in [3.05, 3.63) is 64.4 Å². The standard InChI is InChI=1S/C27H30O9/c1-13-5-8-22-19(14(13)2)11-18(35-22)9-17-6-7-21(31)20(10-17)25-27(34-16(4)30)26(33-15(3)29)24(32)23(12-28)36-25/h5-8,10-11,23-28,31-32H,9,12H2,1-4H3/t23-,24-,25+,26+,27+/m1/s1. The van der Waals surface area contributed by atoms with Gasteiger partial charge in [-0.05, 0) is 54.8 Å². The number of hydrogen-bond acceptors (Lipinski definition) is 9. The van der Waals surface area contributed by atoms with E-state index in [0.29, 0.717) is 6.42 Å². The zero-order chi connectivity index (χ0) is 26.1. The van der Waals surface area contributed by atoms with Crippen LogP contribution in [0, 0.1) is 13.8 Å². The van der Waals surface area contributed by atoms with E-state index < -0.39 is 49.1 Å². The van der Waals surface area contributed by atoms with E-state index in [9.17, 15) is 24.9 Å². The van der Waals surface area contributed by atoms with E-state index in [1.165, 1.54) is 13.0 Å². The Morgan fingerprint density at radius 2 is 1.69 bits per heavy atom. The summed E-state index contributed by atoms with van der Waals surface area (Å²) >= 11 is 0. The highest BCUT2D eigenvalue weighted by Crippen LogP contribution is 2.40. The molecule has 1 aliphatic heterocycles. The van der Waals surface area contributed by atoms with Crippen LogP contribution in [0.4, 0.5) is 0 Å². The third kappa shape index (κ3) is 5.09. The largest absolute Gasteiger partial charge is 0.508 e. The number of fused-ring (bicyclic) bond motifs is 1. The van der Waals surface area contributed by atoms with Crippen molar-refractivity contribution in [2.75, 3.05) is 6.61 Å². The fourth-order valence-electron chi connectivity index (χ4n) is 4.62. The molecule has 0 saturated carbocycles. The molecule has 2 heterocycles. The first-order valence-electron chi connectivity index (χ1n) is 11.7. The van der Waals surface area contributed by atoms with Crippen LogP contribution in [0.3, 0.4) is 0 Å². The molecule has 1 aromatic heterocycles. The van der Waals surface area contributed by atoms with Gasteiger partial charge in [-0.2, -0.15) is 0 Å². The Balaban J connectivity index is 1.71. The predicted octanol–water partition coefficient (Wildman–Crippen LogP) is 3.00. The number of furan rings is 1. The molecule has 0 aliphatic carbocycles. The van der Waals surface area contributed by atoms with Gasteiger partial charge in [0, 0.05) is 31.2 Å². The van der Waals surface area contributed by atoms with Crippen molar-refractivity contribution in [3.63, 3.8) is 0 Å². The average molecular weight is 499 g/mol. The highest BCUT2D eigenvalue weighted by molar-refractivity contribution is 5.82. The molecule has 192 valence electrons. The number of phenols is 1. The molecule has 1 saturated heterocycles. The van der Waals surface area contributed by atoms with Crippen LogP contribution in [0.25, 0.3) is 11.0 Å². The Bertz CT molecular complexity index is 1280. The van der Waals surface area contributed by atoms with Gasteiger partial charge < -0.3 is 33.9 Å². The van der Waals surface area contributed by atoms with E-state index in [4.69, 9.17) is 18.6 Å². The Morgan fingerprint density at radius 1 is 1.00 bits per heavy atom. The zero-order valence-electron chi connectivity index (χ0n) is 20.6. The molecule has 0 bridgehead atoms. The monoisotopic (exact) mass is 498 g/mol. The molecule has 0 radical (unpaired) electrons. The maximum absolute atomic E-state index is 11.9. The van der Waals surface area contributed by atoms with Gasteiger partial charge in [-0.3, -0.25) is 9.59 Å². The van der Waals surface area contributed by atoms with Gasteiger partial charge >= 0.3 is 11.9 Å². The molecule has 2 aromatic carbocycles. The lowest BCUT2D eigenvalue weighted by Crippen LogP contribution is -2.58. The van der Waals surface area contributed by atoms with Crippen molar-refractivity contribution < 1.29 is 43.5 Å². The second-order valence-corrected chi connectivity index (χ2v) is 9.12. The first-order valence-corrected chi connectivity index (χ1v) is 11.7. The van der Waals surface area contributed by atoms with E-state index in [2.05, 4.69) is 0 Å². The van der Waals surface area contributed by atoms with Crippen LogP contribution in [-0.4, -0.2) is 58.3 Å².